The van der Waals surface area contributed by atoms with E-state index >= 15 is 0 Å². The number of hydrogen-bond acceptors (Lipinski definition) is 4. The molecule has 0 saturated heterocycles. The molecule has 20 heavy (non-hydrogen) atoms. The first kappa shape index (κ1) is 13.9. The number of aromatic amines is 1. The molecule has 106 valence electrons. The minimum atomic E-state index is -0.500. The molecule has 1 atom stereocenters. The van der Waals surface area contributed by atoms with Crippen molar-refractivity contribution in [3.8, 4) is 0 Å². The van der Waals surface area contributed by atoms with E-state index in [1.807, 2.05) is 18.2 Å². The average molecular weight is 356 g/mol. The third-order valence-corrected chi connectivity index (χ3v) is 5.19. The topological polar surface area (TPSA) is 70.9 Å². The second-order valence-corrected chi connectivity index (χ2v) is 6.74. The molecule has 1 saturated carbocycles. The van der Waals surface area contributed by atoms with Gasteiger partial charge in [0.25, 0.3) is 0 Å². The predicted octanol–water partition coefficient (Wildman–Crippen LogP) is 2.87. The van der Waals surface area contributed by atoms with E-state index < -0.39 is 6.10 Å². The first-order valence-corrected chi connectivity index (χ1v) is 7.99. The highest BCUT2D eigenvalue weighted by molar-refractivity contribution is 9.10. The van der Waals surface area contributed by atoms with Gasteiger partial charge in [-0.05, 0) is 65.2 Å². The van der Waals surface area contributed by atoms with Crippen LogP contribution in [0.3, 0.4) is 0 Å². The fourth-order valence-corrected chi connectivity index (χ4v) is 3.53. The van der Waals surface area contributed by atoms with E-state index in [0.29, 0.717) is 11.2 Å². The summed E-state index contributed by atoms with van der Waals surface area (Å²) in [5.41, 5.74) is 0.703. The summed E-state index contributed by atoms with van der Waals surface area (Å²) in [5, 5.41) is 16.8. The van der Waals surface area contributed by atoms with Crippen molar-refractivity contribution in [1.82, 2.24) is 14.8 Å². The molecule has 0 unspecified atom stereocenters. The average Bonchev–Trinajstić information content (AvgIpc) is 3.17. The van der Waals surface area contributed by atoms with Crippen molar-refractivity contribution < 1.29 is 5.11 Å². The zero-order valence-corrected chi connectivity index (χ0v) is 13.2. The van der Waals surface area contributed by atoms with Crippen LogP contribution in [0, 0.1) is 0 Å². The molecule has 0 spiro atoms. The van der Waals surface area contributed by atoms with Gasteiger partial charge in [0.15, 0.2) is 5.16 Å². The fraction of sp³-hybridized carbons (Fsp3) is 0.385. The molecule has 1 aromatic heterocycles. The normalized spacial score (nSPS) is 16.4. The van der Waals surface area contributed by atoms with Crippen molar-refractivity contribution in [3.63, 3.8) is 0 Å². The summed E-state index contributed by atoms with van der Waals surface area (Å²) in [6.45, 7) is 1.73. The third-order valence-electron chi connectivity index (χ3n) is 3.22. The number of hydrogen-bond donors (Lipinski definition) is 2. The van der Waals surface area contributed by atoms with Gasteiger partial charge >= 0.3 is 5.69 Å². The molecule has 0 radical (unpaired) electrons. The number of aliphatic hydroxyl groups is 1. The van der Waals surface area contributed by atoms with Crippen LogP contribution in [-0.2, 0) is 0 Å². The van der Waals surface area contributed by atoms with Crippen molar-refractivity contribution in [3.05, 3.63) is 38.7 Å². The van der Waals surface area contributed by atoms with Crippen LogP contribution in [-0.4, -0.2) is 19.9 Å². The van der Waals surface area contributed by atoms with E-state index in [1.54, 1.807) is 11.5 Å². The van der Waals surface area contributed by atoms with Crippen LogP contribution in [0.1, 0.15) is 37.5 Å². The number of H-pyrrole nitrogens is 1. The van der Waals surface area contributed by atoms with Gasteiger partial charge in [-0.3, -0.25) is 4.57 Å². The largest absolute Gasteiger partial charge is 0.389 e. The van der Waals surface area contributed by atoms with Crippen LogP contribution in [0.4, 0.5) is 0 Å². The van der Waals surface area contributed by atoms with Crippen molar-refractivity contribution in [2.24, 2.45) is 0 Å². The Balaban J connectivity index is 1.90. The Morgan fingerprint density at radius 3 is 2.90 bits per heavy atom. The molecule has 5 nitrogen and oxygen atoms in total. The molecule has 0 aliphatic heterocycles. The van der Waals surface area contributed by atoms with Gasteiger partial charge in [0.2, 0.25) is 0 Å². The number of halogens is 1. The number of nitrogens with one attached hydrogen (secondary N) is 1. The summed E-state index contributed by atoms with van der Waals surface area (Å²) in [6, 6.07) is 5.98. The van der Waals surface area contributed by atoms with Crippen LogP contribution < -0.4 is 5.69 Å². The second kappa shape index (κ2) is 5.38. The molecule has 0 bridgehead atoms. The Hall–Kier alpha value is -1.05. The van der Waals surface area contributed by atoms with Gasteiger partial charge in [-0.1, -0.05) is 6.07 Å². The molecule has 0 amide bonds. The van der Waals surface area contributed by atoms with Gasteiger partial charge in [-0.15, -0.1) is 5.10 Å². The van der Waals surface area contributed by atoms with E-state index in [2.05, 4.69) is 26.1 Å². The minimum Gasteiger partial charge on any atom is -0.389 e. The summed E-state index contributed by atoms with van der Waals surface area (Å²) in [6.07, 6.45) is 1.57. The predicted molar refractivity (Wildman–Crippen MR) is 80.0 cm³/mol. The molecule has 2 N–H and O–H groups in total. The highest BCUT2D eigenvalue weighted by atomic mass is 79.9. The summed E-state index contributed by atoms with van der Waals surface area (Å²) < 4.78 is 2.61. The Morgan fingerprint density at radius 2 is 2.30 bits per heavy atom. The van der Waals surface area contributed by atoms with Gasteiger partial charge in [0.1, 0.15) is 0 Å². The lowest BCUT2D eigenvalue weighted by molar-refractivity contribution is 0.199. The lowest BCUT2D eigenvalue weighted by atomic mass is 10.1. The standard InChI is InChI=1S/C13H14BrN3O2S/c1-7(18)8-2-5-11(10(14)6-8)20-13-16-15-12(19)17(13)9-3-4-9/h2,5-7,9,18H,3-4H2,1H3,(H,15,19)/t7-/m1/s1. The number of aromatic nitrogens is 3. The molecule has 1 heterocycles. The number of nitrogens with zero attached hydrogens (tertiary/aromatic N) is 2. The zero-order valence-electron chi connectivity index (χ0n) is 10.8. The Morgan fingerprint density at radius 1 is 1.55 bits per heavy atom. The van der Waals surface area contributed by atoms with Crippen LogP contribution in [0.5, 0.6) is 0 Å². The first-order chi connectivity index (χ1) is 9.56. The van der Waals surface area contributed by atoms with E-state index in [1.165, 1.54) is 11.8 Å². The molecule has 2 aromatic rings. The Labute approximate surface area is 128 Å². The summed E-state index contributed by atoms with van der Waals surface area (Å²) in [4.78, 5) is 12.7. The molecular weight excluding hydrogens is 342 g/mol. The molecule has 7 heteroatoms. The summed E-state index contributed by atoms with van der Waals surface area (Å²) in [5.74, 6) is 0. The lowest BCUT2D eigenvalue weighted by Gasteiger charge is -2.09. The zero-order chi connectivity index (χ0) is 14.3. The minimum absolute atomic E-state index is 0.147. The number of rotatable bonds is 4. The molecule has 1 aliphatic carbocycles. The maximum absolute atomic E-state index is 11.7. The highest BCUT2D eigenvalue weighted by Crippen LogP contribution is 2.39. The van der Waals surface area contributed by atoms with Crippen molar-refractivity contribution in [2.75, 3.05) is 0 Å². The quantitative estimate of drug-likeness (QED) is 0.884. The van der Waals surface area contributed by atoms with Gasteiger partial charge in [0.05, 0.1) is 6.10 Å². The maximum atomic E-state index is 11.7. The van der Waals surface area contributed by atoms with Crippen LogP contribution in [0.25, 0.3) is 0 Å². The van der Waals surface area contributed by atoms with Gasteiger partial charge in [0, 0.05) is 15.4 Å². The second-order valence-electron chi connectivity index (χ2n) is 4.88. The van der Waals surface area contributed by atoms with Crippen molar-refractivity contribution in [2.45, 2.75) is 42.0 Å². The molecule has 1 aromatic carbocycles. The highest BCUT2D eigenvalue weighted by Gasteiger charge is 2.28. The lowest BCUT2D eigenvalue weighted by Crippen LogP contribution is -2.16. The summed E-state index contributed by atoms with van der Waals surface area (Å²) >= 11 is 4.94. The Bertz CT molecular complexity index is 691. The molecule has 1 fully saturated rings. The van der Waals surface area contributed by atoms with Gasteiger partial charge < -0.3 is 5.11 Å². The molecular formula is C13H14BrN3O2S. The number of benzene rings is 1. The van der Waals surface area contributed by atoms with Crippen LogP contribution >= 0.6 is 27.7 Å². The van der Waals surface area contributed by atoms with E-state index in [9.17, 15) is 9.90 Å². The molecule has 1 aliphatic rings. The van der Waals surface area contributed by atoms with Crippen LogP contribution in [0.15, 0.2) is 37.5 Å². The first-order valence-electron chi connectivity index (χ1n) is 6.38. The Kier molecular flexibility index (Phi) is 3.74. The monoisotopic (exact) mass is 355 g/mol. The maximum Gasteiger partial charge on any atom is 0.344 e. The van der Waals surface area contributed by atoms with Gasteiger partial charge in [-0.25, -0.2) is 9.89 Å². The van der Waals surface area contributed by atoms with Crippen LogP contribution in [0.2, 0.25) is 0 Å². The van der Waals surface area contributed by atoms with Crippen molar-refractivity contribution in [1.29, 1.82) is 0 Å². The summed E-state index contributed by atoms with van der Waals surface area (Å²) in [7, 11) is 0. The van der Waals surface area contributed by atoms with Gasteiger partial charge in [-0.2, -0.15) is 0 Å². The van der Waals surface area contributed by atoms with E-state index in [-0.39, 0.29) is 5.69 Å². The third kappa shape index (κ3) is 2.70. The smallest absolute Gasteiger partial charge is 0.344 e. The SMILES string of the molecule is C[C@@H](O)c1ccc(Sc2n[nH]c(=O)n2C2CC2)c(Br)c1. The van der Waals surface area contributed by atoms with Crippen molar-refractivity contribution >= 4 is 27.7 Å². The number of aliphatic hydroxyl groups excluding tert-OH is 1. The molecule has 3 rings (SSSR count). The fourth-order valence-electron chi connectivity index (χ4n) is 1.98. The van der Waals surface area contributed by atoms with E-state index in [0.717, 1.165) is 27.8 Å². The van der Waals surface area contributed by atoms with E-state index in [4.69, 9.17) is 0 Å².